The van der Waals surface area contributed by atoms with Crippen LogP contribution in [0, 0.1) is 6.92 Å². The van der Waals surface area contributed by atoms with Crippen molar-refractivity contribution >= 4 is 11.6 Å². The van der Waals surface area contributed by atoms with Gasteiger partial charge in [0.1, 0.15) is 17.0 Å². The highest BCUT2D eigenvalue weighted by Gasteiger charge is 2.29. The number of hydrogen-bond acceptors (Lipinski definition) is 5. The molecule has 0 radical (unpaired) electrons. The third-order valence-electron chi connectivity index (χ3n) is 3.43. The molecule has 0 bridgehead atoms. The molecular weight excluding hydrogens is 284 g/mol. The van der Waals surface area contributed by atoms with Gasteiger partial charge in [-0.05, 0) is 19.1 Å². The van der Waals surface area contributed by atoms with Gasteiger partial charge in [0, 0.05) is 17.2 Å². The number of aromatic nitrogens is 1. The van der Waals surface area contributed by atoms with E-state index in [0.717, 1.165) is 0 Å². The molecule has 0 fully saturated rings. The summed E-state index contributed by atoms with van der Waals surface area (Å²) in [5.41, 5.74) is 1.47. The maximum absolute atomic E-state index is 12.6. The summed E-state index contributed by atoms with van der Waals surface area (Å²) < 4.78 is 15.8. The van der Waals surface area contributed by atoms with E-state index in [2.05, 4.69) is 10.5 Å². The van der Waals surface area contributed by atoms with Gasteiger partial charge in [-0.1, -0.05) is 25.9 Å². The highest BCUT2D eigenvalue weighted by Crippen LogP contribution is 2.34. The average Bonchev–Trinajstić information content (AvgIpc) is 3.03. The molecule has 1 aliphatic rings. The van der Waals surface area contributed by atoms with Crippen LogP contribution in [0.1, 0.15) is 42.6 Å². The Kier molecular flexibility index (Phi) is 3.31. The standard InChI is InChI=1S/C16H18N2O4/c1-9-13(14(18-22-9)16(2,3)4)15(19)17-10-5-6-11-12(7-10)21-8-20-11/h5-7H,8H2,1-4H3,(H,17,19). The molecular formula is C16H18N2O4. The van der Waals surface area contributed by atoms with Crippen molar-refractivity contribution in [3.8, 4) is 11.5 Å². The number of carbonyl (C=O) groups is 1. The van der Waals surface area contributed by atoms with E-state index in [-0.39, 0.29) is 18.1 Å². The Bertz CT molecular complexity index is 728. The zero-order chi connectivity index (χ0) is 15.9. The van der Waals surface area contributed by atoms with Crippen LogP contribution in [-0.4, -0.2) is 17.9 Å². The van der Waals surface area contributed by atoms with Crippen LogP contribution in [0.3, 0.4) is 0 Å². The molecule has 1 N–H and O–H groups in total. The summed E-state index contributed by atoms with van der Waals surface area (Å²) >= 11 is 0. The molecule has 0 spiro atoms. The topological polar surface area (TPSA) is 73.6 Å². The van der Waals surface area contributed by atoms with E-state index in [9.17, 15) is 4.79 Å². The number of aryl methyl sites for hydroxylation is 1. The number of nitrogens with zero attached hydrogens (tertiary/aromatic N) is 1. The Morgan fingerprint density at radius 3 is 2.68 bits per heavy atom. The zero-order valence-electron chi connectivity index (χ0n) is 13.0. The minimum Gasteiger partial charge on any atom is -0.454 e. The number of amides is 1. The summed E-state index contributed by atoms with van der Waals surface area (Å²) in [4.78, 5) is 12.6. The molecule has 0 saturated heterocycles. The predicted octanol–water partition coefficient (Wildman–Crippen LogP) is 3.26. The highest BCUT2D eigenvalue weighted by molar-refractivity contribution is 6.06. The molecule has 1 aliphatic heterocycles. The van der Waals surface area contributed by atoms with E-state index in [0.29, 0.717) is 34.2 Å². The van der Waals surface area contributed by atoms with Crippen LogP contribution in [-0.2, 0) is 5.41 Å². The maximum atomic E-state index is 12.6. The lowest BCUT2D eigenvalue weighted by molar-refractivity contribution is 0.102. The highest BCUT2D eigenvalue weighted by atomic mass is 16.7. The lowest BCUT2D eigenvalue weighted by Gasteiger charge is -2.16. The van der Waals surface area contributed by atoms with Crippen LogP contribution >= 0.6 is 0 Å². The summed E-state index contributed by atoms with van der Waals surface area (Å²) in [5.74, 6) is 1.55. The smallest absolute Gasteiger partial charge is 0.261 e. The summed E-state index contributed by atoms with van der Waals surface area (Å²) in [6.07, 6.45) is 0. The normalized spacial score (nSPS) is 13.3. The van der Waals surface area contributed by atoms with Crippen LogP contribution in [0.4, 0.5) is 5.69 Å². The van der Waals surface area contributed by atoms with Crippen LogP contribution in [0.2, 0.25) is 0 Å². The van der Waals surface area contributed by atoms with Gasteiger partial charge in [0.2, 0.25) is 6.79 Å². The van der Waals surface area contributed by atoms with E-state index in [4.69, 9.17) is 14.0 Å². The minimum absolute atomic E-state index is 0.200. The van der Waals surface area contributed by atoms with Crippen molar-refractivity contribution < 1.29 is 18.8 Å². The van der Waals surface area contributed by atoms with E-state index < -0.39 is 0 Å². The van der Waals surface area contributed by atoms with Crippen molar-refractivity contribution in [1.82, 2.24) is 5.16 Å². The fourth-order valence-corrected chi connectivity index (χ4v) is 2.32. The van der Waals surface area contributed by atoms with Crippen LogP contribution < -0.4 is 14.8 Å². The monoisotopic (exact) mass is 302 g/mol. The van der Waals surface area contributed by atoms with Crippen molar-refractivity contribution in [2.75, 3.05) is 12.1 Å². The number of rotatable bonds is 2. The van der Waals surface area contributed by atoms with Crippen molar-refractivity contribution in [2.24, 2.45) is 0 Å². The molecule has 0 atom stereocenters. The van der Waals surface area contributed by atoms with Gasteiger partial charge >= 0.3 is 0 Å². The van der Waals surface area contributed by atoms with Gasteiger partial charge in [-0.25, -0.2) is 0 Å². The van der Waals surface area contributed by atoms with Gasteiger partial charge in [0.15, 0.2) is 11.5 Å². The van der Waals surface area contributed by atoms with Crippen molar-refractivity contribution in [3.05, 3.63) is 35.2 Å². The van der Waals surface area contributed by atoms with E-state index >= 15 is 0 Å². The molecule has 0 saturated carbocycles. The first-order chi connectivity index (χ1) is 10.4. The molecule has 1 aromatic heterocycles. The fraction of sp³-hybridized carbons (Fsp3) is 0.375. The molecule has 1 amide bonds. The van der Waals surface area contributed by atoms with Gasteiger partial charge in [0.25, 0.3) is 5.91 Å². The molecule has 0 aliphatic carbocycles. The average molecular weight is 302 g/mol. The van der Waals surface area contributed by atoms with Crippen molar-refractivity contribution in [1.29, 1.82) is 0 Å². The van der Waals surface area contributed by atoms with Crippen LogP contribution in [0.5, 0.6) is 11.5 Å². The number of carbonyl (C=O) groups excluding carboxylic acids is 1. The second-order valence-corrected chi connectivity index (χ2v) is 6.23. The predicted molar refractivity (Wildman–Crippen MR) is 80.5 cm³/mol. The van der Waals surface area contributed by atoms with Crippen LogP contribution in [0.25, 0.3) is 0 Å². The van der Waals surface area contributed by atoms with Gasteiger partial charge in [-0.2, -0.15) is 0 Å². The first-order valence-corrected chi connectivity index (χ1v) is 7.04. The zero-order valence-corrected chi connectivity index (χ0v) is 13.0. The van der Waals surface area contributed by atoms with Crippen LogP contribution in [0.15, 0.2) is 22.7 Å². The first kappa shape index (κ1) is 14.4. The third-order valence-corrected chi connectivity index (χ3v) is 3.43. The summed E-state index contributed by atoms with van der Waals surface area (Å²) in [6, 6.07) is 5.27. The Labute approximate surface area is 128 Å². The first-order valence-electron chi connectivity index (χ1n) is 7.04. The molecule has 3 rings (SSSR count). The maximum Gasteiger partial charge on any atom is 0.261 e. The molecule has 0 unspecified atom stereocenters. The summed E-state index contributed by atoms with van der Waals surface area (Å²) in [5, 5.41) is 6.88. The largest absolute Gasteiger partial charge is 0.454 e. The SMILES string of the molecule is Cc1onc(C(C)(C)C)c1C(=O)Nc1ccc2c(c1)OCO2. The molecule has 2 aromatic rings. The Balaban J connectivity index is 1.88. The molecule has 6 heteroatoms. The number of hydrogen-bond donors (Lipinski definition) is 1. The lowest BCUT2D eigenvalue weighted by Crippen LogP contribution is -2.21. The fourth-order valence-electron chi connectivity index (χ4n) is 2.32. The van der Waals surface area contributed by atoms with Gasteiger partial charge in [0.05, 0.1) is 0 Å². The lowest BCUT2D eigenvalue weighted by atomic mass is 9.88. The number of fused-ring (bicyclic) bond motifs is 1. The Morgan fingerprint density at radius 2 is 1.95 bits per heavy atom. The summed E-state index contributed by atoms with van der Waals surface area (Å²) in [7, 11) is 0. The molecule has 22 heavy (non-hydrogen) atoms. The molecule has 1 aromatic carbocycles. The quantitative estimate of drug-likeness (QED) is 0.921. The van der Waals surface area contributed by atoms with Crippen molar-refractivity contribution in [3.63, 3.8) is 0 Å². The van der Waals surface area contributed by atoms with E-state index in [1.165, 1.54) is 0 Å². The third kappa shape index (κ3) is 2.52. The Hall–Kier alpha value is -2.50. The van der Waals surface area contributed by atoms with Crippen molar-refractivity contribution in [2.45, 2.75) is 33.1 Å². The minimum atomic E-state index is -0.278. The molecule has 6 nitrogen and oxygen atoms in total. The van der Waals surface area contributed by atoms with Gasteiger partial charge in [-0.3, -0.25) is 4.79 Å². The molecule has 116 valence electrons. The molecule has 2 heterocycles. The van der Waals surface area contributed by atoms with Gasteiger partial charge in [-0.15, -0.1) is 0 Å². The number of benzene rings is 1. The number of nitrogens with one attached hydrogen (secondary N) is 1. The second-order valence-electron chi connectivity index (χ2n) is 6.23. The van der Waals surface area contributed by atoms with E-state index in [1.807, 2.05) is 20.8 Å². The Morgan fingerprint density at radius 1 is 1.23 bits per heavy atom. The van der Waals surface area contributed by atoms with Gasteiger partial charge < -0.3 is 19.3 Å². The number of anilines is 1. The number of ether oxygens (including phenoxy) is 2. The second kappa shape index (κ2) is 5.05. The van der Waals surface area contributed by atoms with E-state index in [1.54, 1.807) is 25.1 Å². The summed E-state index contributed by atoms with van der Waals surface area (Å²) in [6.45, 7) is 7.90.